The van der Waals surface area contributed by atoms with Crippen LogP contribution in [0.3, 0.4) is 0 Å². The molecule has 1 aromatic carbocycles. The Labute approximate surface area is 96.9 Å². The van der Waals surface area contributed by atoms with Crippen molar-refractivity contribution in [2.75, 3.05) is 19.5 Å². The predicted octanol–water partition coefficient (Wildman–Crippen LogP) is 0.808. The maximum absolute atomic E-state index is 11.4. The average Bonchev–Trinajstić information content (AvgIpc) is 2.29. The number of aliphatic hydroxyl groups excluding tert-OH is 1. The first-order valence-electron chi connectivity index (χ1n) is 4.74. The second kappa shape index (κ2) is 6.26. The summed E-state index contributed by atoms with van der Waals surface area (Å²) in [4.78, 5) is 0. The lowest BCUT2D eigenvalue weighted by molar-refractivity contribution is 0.321. The van der Waals surface area contributed by atoms with Gasteiger partial charge in [0.2, 0.25) is 0 Å². The van der Waals surface area contributed by atoms with Gasteiger partial charge in [-0.15, -0.1) is 0 Å². The number of methoxy groups -OCH3 is 1. The Hall–Kier alpha value is -1.38. The zero-order chi connectivity index (χ0) is 12.0. The van der Waals surface area contributed by atoms with Crippen LogP contribution in [0.15, 0.2) is 18.2 Å². The third-order valence-electron chi connectivity index (χ3n) is 2.03. The molecule has 0 amide bonds. The highest BCUT2D eigenvalue weighted by Gasteiger charge is 2.06. The van der Waals surface area contributed by atoms with Gasteiger partial charge in [0.25, 0.3) is 0 Å². The molecule has 1 rings (SSSR count). The lowest BCUT2D eigenvalue weighted by Crippen LogP contribution is -2.04. The topological polar surface area (TPSA) is 70.3 Å². The number of benzene rings is 1. The van der Waals surface area contributed by atoms with Gasteiger partial charge in [0, 0.05) is 22.3 Å². The molecule has 0 aromatic heterocycles. The van der Waals surface area contributed by atoms with Crippen molar-refractivity contribution in [3.63, 3.8) is 0 Å². The summed E-state index contributed by atoms with van der Waals surface area (Å²) in [6.07, 6.45) is 0. The van der Waals surface area contributed by atoms with Gasteiger partial charge in [-0.05, 0) is 17.7 Å². The molecule has 0 fully saturated rings. The summed E-state index contributed by atoms with van der Waals surface area (Å²) in [6, 6.07) is 7.14. The Balaban J connectivity index is 2.84. The summed E-state index contributed by atoms with van der Waals surface area (Å²) >= 11 is 0. The number of nitrogens with zero attached hydrogens (tertiary/aromatic N) is 1. The van der Waals surface area contributed by atoms with Crippen molar-refractivity contribution in [3.05, 3.63) is 29.3 Å². The summed E-state index contributed by atoms with van der Waals surface area (Å²) in [5.74, 6) is 1.12. The van der Waals surface area contributed by atoms with Crippen molar-refractivity contribution < 1.29 is 14.1 Å². The summed E-state index contributed by atoms with van der Waals surface area (Å²) in [5.41, 5.74) is 1.24. The van der Waals surface area contributed by atoms with Crippen LogP contribution in [0.5, 0.6) is 5.75 Å². The lowest BCUT2D eigenvalue weighted by Gasteiger charge is -2.05. The maximum Gasteiger partial charge on any atom is 0.136 e. The van der Waals surface area contributed by atoms with Gasteiger partial charge < -0.3 is 9.84 Å². The fourth-order valence-electron chi connectivity index (χ4n) is 1.29. The minimum Gasteiger partial charge on any atom is -0.495 e. The third kappa shape index (κ3) is 3.33. The van der Waals surface area contributed by atoms with Crippen molar-refractivity contribution in [1.29, 1.82) is 5.26 Å². The first-order chi connectivity index (χ1) is 7.71. The number of hydrogen-bond acceptors (Lipinski definition) is 4. The van der Waals surface area contributed by atoms with Gasteiger partial charge in [-0.2, -0.15) is 5.26 Å². The summed E-state index contributed by atoms with van der Waals surface area (Å²) in [7, 11) is 0.410. The van der Waals surface area contributed by atoms with Crippen LogP contribution in [0.25, 0.3) is 0 Å². The smallest absolute Gasteiger partial charge is 0.136 e. The van der Waals surface area contributed by atoms with Gasteiger partial charge in [0.15, 0.2) is 0 Å². The van der Waals surface area contributed by atoms with Crippen LogP contribution in [0.2, 0.25) is 0 Å². The molecular formula is C11H13NO3S. The third-order valence-corrected chi connectivity index (χ3v) is 3.32. The summed E-state index contributed by atoms with van der Waals surface area (Å²) < 4.78 is 16.4. The van der Waals surface area contributed by atoms with E-state index in [1.807, 2.05) is 6.07 Å². The molecule has 0 heterocycles. The van der Waals surface area contributed by atoms with Crippen LogP contribution >= 0.6 is 0 Å². The number of hydrogen-bond donors (Lipinski definition) is 1. The average molecular weight is 239 g/mol. The molecule has 0 aliphatic carbocycles. The zero-order valence-electron chi connectivity index (χ0n) is 8.97. The standard InChI is InChI=1S/C11H13NO3S/c1-15-11-3-2-9(6-10(11)7-12)8-16(14)5-4-13/h2-3,6,13H,4-5,8H2,1H3/t16-/m0/s1. The van der Waals surface area contributed by atoms with Crippen molar-refractivity contribution in [3.8, 4) is 11.8 Å². The van der Waals surface area contributed by atoms with Gasteiger partial charge in [-0.1, -0.05) is 6.07 Å². The fraction of sp³-hybridized carbons (Fsp3) is 0.364. The van der Waals surface area contributed by atoms with E-state index < -0.39 is 10.8 Å². The maximum atomic E-state index is 11.4. The SMILES string of the molecule is COc1ccc(C[S@@](=O)CCO)cc1C#N. The molecule has 1 aromatic rings. The van der Waals surface area contributed by atoms with Gasteiger partial charge in [0.1, 0.15) is 11.8 Å². The molecule has 0 saturated carbocycles. The summed E-state index contributed by atoms with van der Waals surface area (Å²) in [6.45, 7) is -0.0894. The number of rotatable bonds is 5. The van der Waals surface area contributed by atoms with E-state index in [1.54, 1.807) is 18.2 Å². The molecule has 1 N–H and O–H groups in total. The monoisotopic (exact) mass is 239 g/mol. The summed E-state index contributed by atoms with van der Waals surface area (Å²) in [5, 5.41) is 17.5. The van der Waals surface area contributed by atoms with Gasteiger partial charge in [-0.3, -0.25) is 4.21 Å². The highest BCUT2D eigenvalue weighted by atomic mass is 32.2. The predicted molar refractivity (Wildman–Crippen MR) is 61.5 cm³/mol. The number of ether oxygens (including phenoxy) is 1. The molecule has 0 unspecified atom stereocenters. The Bertz CT molecular complexity index is 426. The molecule has 0 aliphatic rings. The fourth-order valence-corrected chi connectivity index (χ4v) is 2.19. The van der Waals surface area contributed by atoms with Crippen molar-refractivity contribution in [2.45, 2.75) is 5.75 Å². The minimum absolute atomic E-state index is 0.0894. The first-order valence-corrected chi connectivity index (χ1v) is 6.23. The van der Waals surface area contributed by atoms with Gasteiger partial charge in [-0.25, -0.2) is 0 Å². The van der Waals surface area contributed by atoms with Crippen molar-refractivity contribution in [1.82, 2.24) is 0 Å². The molecule has 0 saturated heterocycles. The van der Waals surface area contributed by atoms with E-state index in [9.17, 15) is 4.21 Å². The molecule has 86 valence electrons. The van der Waals surface area contributed by atoms with Gasteiger partial charge >= 0.3 is 0 Å². The van der Waals surface area contributed by atoms with Crippen molar-refractivity contribution >= 4 is 10.8 Å². The van der Waals surface area contributed by atoms with Crippen LogP contribution in [0.4, 0.5) is 0 Å². The first kappa shape index (κ1) is 12.7. The second-order valence-corrected chi connectivity index (χ2v) is 4.73. The Morgan fingerprint density at radius 3 is 2.88 bits per heavy atom. The van der Waals surface area contributed by atoms with E-state index in [1.165, 1.54) is 7.11 Å². The Kier molecular flexibility index (Phi) is 4.96. The molecule has 0 aliphatic heterocycles. The van der Waals surface area contributed by atoms with Crippen LogP contribution in [0.1, 0.15) is 11.1 Å². The molecule has 0 radical (unpaired) electrons. The lowest BCUT2D eigenvalue weighted by atomic mass is 10.1. The number of aliphatic hydroxyl groups is 1. The molecule has 5 heteroatoms. The van der Waals surface area contributed by atoms with E-state index in [2.05, 4.69) is 0 Å². The molecule has 0 bridgehead atoms. The van der Waals surface area contributed by atoms with E-state index in [0.717, 1.165) is 5.56 Å². The molecule has 1 atom stereocenters. The van der Waals surface area contributed by atoms with Gasteiger partial charge in [0.05, 0.1) is 19.3 Å². The van der Waals surface area contributed by atoms with Crippen LogP contribution in [-0.4, -0.2) is 28.8 Å². The van der Waals surface area contributed by atoms with E-state index >= 15 is 0 Å². The molecule has 4 nitrogen and oxygen atoms in total. The van der Waals surface area contributed by atoms with Crippen LogP contribution < -0.4 is 4.74 Å². The van der Waals surface area contributed by atoms with Crippen LogP contribution in [0, 0.1) is 11.3 Å². The second-order valence-electron chi connectivity index (χ2n) is 3.16. The van der Waals surface area contributed by atoms with E-state index in [-0.39, 0.29) is 12.4 Å². The molecule has 16 heavy (non-hydrogen) atoms. The Morgan fingerprint density at radius 2 is 2.31 bits per heavy atom. The highest BCUT2D eigenvalue weighted by Crippen LogP contribution is 2.19. The van der Waals surface area contributed by atoms with Crippen molar-refractivity contribution in [2.24, 2.45) is 0 Å². The quantitative estimate of drug-likeness (QED) is 0.825. The molecule has 0 spiro atoms. The Morgan fingerprint density at radius 1 is 1.56 bits per heavy atom. The van der Waals surface area contributed by atoms with E-state index in [0.29, 0.717) is 17.1 Å². The largest absolute Gasteiger partial charge is 0.495 e. The normalized spacial score (nSPS) is 11.8. The van der Waals surface area contributed by atoms with E-state index in [4.69, 9.17) is 15.1 Å². The highest BCUT2D eigenvalue weighted by molar-refractivity contribution is 7.84. The number of nitriles is 1. The zero-order valence-corrected chi connectivity index (χ0v) is 9.79. The molecular weight excluding hydrogens is 226 g/mol. The minimum atomic E-state index is -1.09. The van der Waals surface area contributed by atoms with Crippen LogP contribution in [-0.2, 0) is 16.6 Å².